The molecule has 0 bridgehead atoms. The molecule has 6 heterocycles. The van der Waals surface area contributed by atoms with E-state index in [-0.39, 0.29) is 101 Å². The number of benzene rings is 10. The molecule has 16 rings (SSSR count). The summed E-state index contributed by atoms with van der Waals surface area (Å²) >= 11 is 0. The van der Waals surface area contributed by atoms with E-state index in [1.54, 1.807) is 12.7 Å². The van der Waals surface area contributed by atoms with Crippen LogP contribution in [0.3, 0.4) is 0 Å². The first-order chi connectivity index (χ1) is 56.9. The summed E-state index contributed by atoms with van der Waals surface area (Å²) in [7, 11) is 0. The molecule has 13 nitrogen and oxygen atoms in total. The van der Waals surface area contributed by atoms with Crippen molar-refractivity contribution in [2.75, 3.05) is 0 Å². The minimum atomic E-state index is -0.443. The van der Waals surface area contributed by atoms with Crippen molar-refractivity contribution < 1.29 is 83.6 Å². The summed E-state index contributed by atoms with van der Waals surface area (Å²) in [6.07, 6.45) is 2.44. The number of hydrogen-bond acceptors (Lipinski definition) is 10. The number of aryl methyl sites for hydroxylation is 2. The van der Waals surface area contributed by atoms with Crippen molar-refractivity contribution in [2.24, 2.45) is 21.7 Å². The van der Waals surface area contributed by atoms with Gasteiger partial charge in [-0.15, -0.1) is 71.3 Å². The van der Waals surface area contributed by atoms with Crippen LogP contribution in [0, 0.1) is 53.7 Å². The van der Waals surface area contributed by atoms with Crippen LogP contribution in [0.15, 0.2) is 249 Å². The summed E-state index contributed by atoms with van der Waals surface area (Å²) < 4.78 is 6.91. The summed E-state index contributed by atoms with van der Waals surface area (Å²) in [5, 5.41) is 46.3. The van der Waals surface area contributed by atoms with E-state index in [2.05, 4.69) is 352 Å². The van der Waals surface area contributed by atoms with E-state index in [0.717, 1.165) is 95.9 Å². The van der Waals surface area contributed by atoms with Crippen LogP contribution in [0.1, 0.15) is 186 Å². The Morgan fingerprint density at radius 2 is 0.565 bits per heavy atom. The monoisotopic (exact) mass is 2190 g/mol. The molecule has 4 atom stereocenters. The van der Waals surface area contributed by atoms with E-state index in [1.807, 2.05) is 95.2 Å². The first-order valence-corrected chi connectivity index (χ1v) is 42.3. The molecular formula is C108H122N9O4Pt3-3. The van der Waals surface area contributed by atoms with Gasteiger partial charge in [-0.25, -0.2) is 15.0 Å². The average Bonchev–Trinajstić information content (AvgIpc) is 1.59. The number of aromatic nitrogens is 9. The number of rotatable bonds is 11. The molecule has 0 fully saturated rings. The van der Waals surface area contributed by atoms with Crippen molar-refractivity contribution in [2.45, 2.75) is 213 Å². The third-order valence-corrected chi connectivity index (χ3v) is 22.6. The van der Waals surface area contributed by atoms with Gasteiger partial charge in [-0.05, 0) is 151 Å². The molecule has 6 aromatic heterocycles. The van der Waals surface area contributed by atoms with Crippen molar-refractivity contribution in [3.8, 4) is 62.2 Å². The van der Waals surface area contributed by atoms with Crippen LogP contribution in [0.4, 0.5) is 0 Å². The topological polar surface area (TPSA) is 173 Å². The fraction of sp³-hybridized carbons (Fsp3) is 0.333. The number of fused-ring (bicyclic) bond motifs is 9. The minimum absolute atomic E-state index is 0. The van der Waals surface area contributed by atoms with Gasteiger partial charge < -0.3 is 34.1 Å². The van der Waals surface area contributed by atoms with Crippen LogP contribution >= 0.6 is 0 Å². The smallest absolute Gasteiger partial charge is 0.151 e. The first-order valence-electron chi connectivity index (χ1n) is 42.3. The standard InChI is InChI=1S/C34H30N3.2C26H22N3.2C11H24O2.3Pt/c1-22-12-11-13-23(2)32(22)33-35-28(21-31(36-33)34(3,4)5)24-18-19-30-27(20-24)26-16-9-10-17-29(26)37(30)25-14-7-6-8-15-25;2*1-26(2,3)25-16-22(27-17-28-25)18-13-14-24-21(15-18)20-11-7-8-12-23(20)29(24)19-9-5-4-6-10-19;2*1-10(2,3)8(12)7-9(13)11(4,5)6;;;/h6-17,19-21H,1-5H3;2*4-12,14-17H,1-3H3;2*8-9,12-13H,7H2,1-6H3;;;/q3*-1;;;;;. The molecule has 0 spiro atoms. The molecule has 0 aliphatic heterocycles. The predicted molar refractivity (Wildman–Crippen MR) is 504 cm³/mol. The van der Waals surface area contributed by atoms with Gasteiger partial charge in [-0.3, -0.25) is 15.0 Å². The van der Waals surface area contributed by atoms with Crippen LogP contribution in [-0.4, -0.2) is 88.4 Å². The van der Waals surface area contributed by atoms with Crippen molar-refractivity contribution in [1.82, 2.24) is 43.6 Å². The van der Waals surface area contributed by atoms with Crippen LogP contribution in [0.2, 0.25) is 0 Å². The zero-order valence-corrected chi connectivity index (χ0v) is 83.0. The Kier molecular flexibility index (Phi) is 31.9. The van der Waals surface area contributed by atoms with Gasteiger partial charge in [0.25, 0.3) is 0 Å². The molecule has 4 unspecified atom stereocenters. The van der Waals surface area contributed by atoms with Gasteiger partial charge >= 0.3 is 0 Å². The molecule has 0 saturated carbocycles. The van der Waals surface area contributed by atoms with E-state index < -0.39 is 24.4 Å². The first kappa shape index (κ1) is 98.5. The van der Waals surface area contributed by atoms with E-state index >= 15 is 0 Å². The van der Waals surface area contributed by atoms with Gasteiger partial charge in [0.05, 0.1) is 24.4 Å². The zero-order chi connectivity index (χ0) is 87.5. The molecule has 16 heteroatoms. The molecule has 0 radical (unpaired) electrons. The van der Waals surface area contributed by atoms with Crippen LogP contribution in [-0.2, 0) is 79.4 Å². The molecule has 124 heavy (non-hydrogen) atoms. The Balaban J connectivity index is 0.000000184. The van der Waals surface area contributed by atoms with E-state index in [1.165, 1.54) is 60.0 Å². The number of aliphatic hydroxyl groups is 4. The molecule has 4 N–H and O–H groups in total. The quantitative estimate of drug-likeness (QED) is 0.0913. The normalized spacial score (nSPS) is 13.0. The minimum Gasteiger partial charge on any atom is -0.392 e. The Bertz CT molecular complexity index is 5960. The summed E-state index contributed by atoms with van der Waals surface area (Å²) in [6.45, 7) is 47.6. The largest absolute Gasteiger partial charge is 0.392 e. The molecule has 656 valence electrons. The fourth-order valence-electron chi connectivity index (χ4n) is 14.7. The third-order valence-electron chi connectivity index (χ3n) is 22.6. The summed E-state index contributed by atoms with van der Waals surface area (Å²) in [6, 6.07) is 93.2. The Morgan fingerprint density at radius 1 is 0.290 bits per heavy atom. The van der Waals surface area contributed by atoms with Crippen LogP contribution in [0.5, 0.6) is 0 Å². The summed E-state index contributed by atoms with van der Waals surface area (Å²) in [4.78, 5) is 28.1. The molecule has 0 aliphatic carbocycles. The predicted octanol–water partition coefficient (Wildman–Crippen LogP) is 25.7. The van der Waals surface area contributed by atoms with E-state index in [0.29, 0.717) is 12.8 Å². The second-order valence-corrected chi connectivity index (χ2v) is 39.6. The zero-order valence-electron chi connectivity index (χ0n) is 76.2. The molecular weight excluding hydrogens is 2070 g/mol. The Hall–Kier alpha value is -9.26. The van der Waals surface area contributed by atoms with Crippen molar-refractivity contribution in [3.63, 3.8) is 0 Å². The molecule has 0 saturated heterocycles. The second-order valence-electron chi connectivity index (χ2n) is 39.6. The van der Waals surface area contributed by atoms with Crippen LogP contribution in [0.25, 0.3) is 128 Å². The van der Waals surface area contributed by atoms with Crippen LogP contribution < -0.4 is 0 Å². The molecule has 10 aromatic carbocycles. The maximum absolute atomic E-state index is 9.76. The Morgan fingerprint density at radius 3 is 0.855 bits per heavy atom. The van der Waals surface area contributed by atoms with Gasteiger partial charge in [0.15, 0.2) is 5.82 Å². The van der Waals surface area contributed by atoms with Gasteiger partial charge in [-0.1, -0.05) is 307 Å². The number of nitrogens with zero attached hydrogens (tertiary/aromatic N) is 9. The number of para-hydroxylation sites is 6. The number of aliphatic hydroxyl groups excluding tert-OH is 4. The van der Waals surface area contributed by atoms with Crippen molar-refractivity contribution in [3.05, 3.63) is 296 Å². The molecule has 0 aliphatic rings. The molecule has 0 amide bonds. The van der Waals surface area contributed by atoms with E-state index in [4.69, 9.17) is 9.97 Å². The maximum atomic E-state index is 9.76. The van der Waals surface area contributed by atoms with Gasteiger partial charge in [0.1, 0.15) is 12.7 Å². The van der Waals surface area contributed by atoms with Gasteiger partial charge in [0, 0.05) is 149 Å². The third kappa shape index (κ3) is 23.1. The second kappa shape index (κ2) is 40.2. The number of hydrogen-bond donors (Lipinski definition) is 4. The summed E-state index contributed by atoms with van der Waals surface area (Å²) in [5.41, 5.74) is 21.9. The summed E-state index contributed by atoms with van der Waals surface area (Å²) in [5.74, 6) is 0.776. The van der Waals surface area contributed by atoms with Crippen molar-refractivity contribution >= 4 is 65.4 Å². The average molecular weight is 2200 g/mol. The SMILES string of the molecule is CC(C)(C)C(O)CC(O)C(C)(C)C.CC(C)(C)C(O)CC(O)C(C)(C)C.CC(C)(C)c1cc(-c2[c-]cc3c(c2)c2ccccc2n3-c2ccccc2)ncn1.CC(C)(C)c1cc(-c2[c-]cc3c(c2)c2ccccc2n3-c2ccccc2)ncn1.Cc1cccc(C)c1-c1nc(-c2[c-]cc3c(c2)c2ccccc2n3-c2ccccc2)cc(C(C)(C)C)n1.[Pt].[Pt].[Pt]. The van der Waals surface area contributed by atoms with Gasteiger partial charge in [0.2, 0.25) is 0 Å². The maximum Gasteiger partial charge on any atom is 0.151 e. The Labute approximate surface area is 778 Å². The van der Waals surface area contributed by atoms with E-state index in [9.17, 15) is 20.4 Å². The van der Waals surface area contributed by atoms with Gasteiger partial charge in [-0.2, -0.15) is 0 Å². The molecule has 16 aromatic rings. The fourth-order valence-corrected chi connectivity index (χ4v) is 14.7. The van der Waals surface area contributed by atoms with Crippen molar-refractivity contribution in [1.29, 1.82) is 0 Å².